The summed E-state index contributed by atoms with van der Waals surface area (Å²) >= 11 is 0.869. The molecule has 2 unspecified atom stereocenters. The smallest absolute Gasteiger partial charge is 0.405 e. The Labute approximate surface area is 189 Å². The maximum Gasteiger partial charge on any atom is 0.573 e. The minimum absolute atomic E-state index is 0. The Bertz CT molecular complexity index is 886. The van der Waals surface area contributed by atoms with Gasteiger partial charge in [-0.15, -0.1) is 48.5 Å². The molecule has 2 N–H and O–H groups in total. The summed E-state index contributed by atoms with van der Waals surface area (Å²) in [5.74, 6) is -0.140. The first-order valence-corrected chi connectivity index (χ1v) is 9.28. The van der Waals surface area contributed by atoms with Crippen LogP contribution in [0.2, 0.25) is 0 Å². The van der Waals surface area contributed by atoms with Crippen molar-refractivity contribution in [3.05, 3.63) is 45.9 Å². The lowest BCUT2D eigenvalue weighted by Gasteiger charge is -2.14. The average molecular weight is 566 g/mol. The largest absolute Gasteiger partial charge is 0.573 e. The van der Waals surface area contributed by atoms with Crippen molar-refractivity contribution in [3.8, 4) is 5.75 Å². The van der Waals surface area contributed by atoms with Gasteiger partial charge in [0.2, 0.25) is 0 Å². The van der Waals surface area contributed by atoms with Gasteiger partial charge in [-0.3, -0.25) is 4.99 Å². The van der Waals surface area contributed by atoms with Crippen LogP contribution in [-0.4, -0.2) is 30.4 Å². The van der Waals surface area contributed by atoms with E-state index in [1.807, 2.05) is 0 Å². The predicted molar refractivity (Wildman–Crippen MR) is 110 cm³/mol. The molecular weight excluding hydrogens is 549 g/mol. The van der Waals surface area contributed by atoms with Crippen LogP contribution in [0.25, 0.3) is 0 Å². The zero-order chi connectivity index (χ0) is 21.2. The molecule has 166 valence electrons. The van der Waals surface area contributed by atoms with Crippen LogP contribution in [0.4, 0.5) is 26.3 Å². The number of aliphatic imine (C=N–C) groups is 1. The van der Waals surface area contributed by atoms with Crippen LogP contribution in [0, 0.1) is 0 Å². The molecule has 1 fully saturated rings. The molecule has 0 bridgehead atoms. The van der Waals surface area contributed by atoms with E-state index in [0.717, 1.165) is 16.7 Å². The van der Waals surface area contributed by atoms with Crippen molar-refractivity contribution < 1.29 is 31.1 Å². The van der Waals surface area contributed by atoms with Gasteiger partial charge in [0.05, 0.1) is 6.54 Å². The second kappa shape index (κ2) is 9.58. The highest BCUT2D eigenvalue weighted by Gasteiger charge is 2.42. The highest BCUT2D eigenvalue weighted by atomic mass is 127. The number of halogens is 7. The van der Waals surface area contributed by atoms with E-state index in [4.69, 9.17) is 0 Å². The van der Waals surface area contributed by atoms with E-state index >= 15 is 0 Å². The minimum atomic E-state index is -4.78. The van der Waals surface area contributed by atoms with Crippen LogP contribution in [0.1, 0.15) is 28.6 Å². The molecule has 1 heterocycles. The molecule has 2 aromatic rings. The first-order valence-electron chi connectivity index (χ1n) is 8.40. The minimum Gasteiger partial charge on any atom is -0.405 e. The molecule has 1 aliphatic carbocycles. The van der Waals surface area contributed by atoms with Gasteiger partial charge in [-0.25, -0.2) is 4.98 Å². The molecule has 3 rings (SSSR count). The van der Waals surface area contributed by atoms with Gasteiger partial charge in [0.1, 0.15) is 10.8 Å². The zero-order valence-corrected chi connectivity index (χ0v) is 18.5. The number of thiazole rings is 1. The number of alkyl halides is 6. The molecule has 1 aromatic heterocycles. The third-order valence-corrected chi connectivity index (χ3v) is 4.98. The highest BCUT2D eigenvalue weighted by Crippen LogP contribution is 2.45. The second-order valence-corrected chi connectivity index (χ2v) is 7.17. The zero-order valence-electron chi connectivity index (χ0n) is 15.3. The van der Waals surface area contributed by atoms with Crippen LogP contribution in [0.3, 0.4) is 0 Å². The molecule has 0 radical (unpaired) electrons. The molecule has 0 aliphatic heterocycles. The Hall–Kier alpha value is -1.77. The summed E-state index contributed by atoms with van der Waals surface area (Å²) < 4.78 is 79.5. The lowest BCUT2D eigenvalue weighted by molar-refractivity contribution is -0.274. The third-order valence-electron chi connectivity index (χ3n) is 4.13. The van der Waals surface area contributed by atoms with E-state index in [-0.39, 0.29) is 53.2 Å². The number of hydrogen-bond donors (Lipinski definition) is 2. The van der Waals surface area contributed by atoms with Crippen LogP contribution in [-0.2, 0) is 12.7 Å². The summed E-state index contributed by atoms with van der Waals surface area (Å²) in [7, 11) is 1.48. The van der Waals surface area contributed by atoms with E-state index in [1.54, 1.807) is 12.1 Å². The molecule has 0 spiro atoms. The number of ether oxygens (including phenoxy) is 1. The number of hydrogen-bond acceptors (Lipinski definition) is 4. The Balaban J connectivity index is 0.00000320. The lowest BCUT2D eigenvalue weighted by Crippen LogP contribution is -2.38. The maximum absolute atomic E-state index is 12.6. The van der Waals surface area contributed by atoms with Crippen molar-refractivity contribution in [1.82, 2.24) is 15.6 Å². The summed E-state index contributed by atoms with van der Waals surface area (Å²) in [4.78, 5) is 7.50. The summed E-state index contributed by atoms with van der Waals surface area (Å²) in [5, 5.41) is 7.06. The van der Waals surface area contributed by atoms with Gasteiger partial charge in [-0.2, -0.15) is 13.2 Å². The van der Waals surface area contributed by atoms with Crippen molar-refractivity contribution >= 4 is 41.3 Å². The molecule has 0 amide bonds. The van der Waals surface area contributed by atoms with Crippen LogP contribution in [0.15, 0.2) is 34.6 Å². The first kappa shape index (κ1) is 24.5. The number of guanidine groups is 1. The standard InChI is InChI=1S/C17H16F6N4OS.HI/c1-24-15(25-7-14-27-13(8-29-14)16(18,19)20)26-11-6-10(11)9-4-2-3-5-12(9)28-17(21,22)23;/h2-5,8,10-11H,6-7H2,1H3,(H2,24,25,26);1H. The van der Waals surface area contributed by atoms with Gasteiger partial charge >= 0.3 is 12.5 Å². The highest BCUT2D eigenvalue weighted by molar-refractivity contribution is 14.0. The van der Waals surface area contributed by atoms with Gasteiger partial charge in [0.15, 0.2) is 11.7 Å². The van der Waals surface area contributed by atoms with E-state index < -0.39 is 18.2 Å². The Kier molecular flexibility index (Phi) is 7.82. The summed E-state index contributed by atoms with van der Waals surface area (Å²) in [6.07, 6.45) is -8.72. The fourth-order valence-corrected chi connectivity index (χ4v) is 3.50. The van der Waals surface area contributed by atoms with Gasteiger partial charge < -0.3 is 15.4 Å². The summed E-state index contributed by atoms with van der Waals surface area (Å²) in [5.41, 5.74) is -0.529. The van der Waals surface area contributed by atoms with Crippen LogP contribution < -0.4 is 15.4 Å². The molecule has 1 aliphatic rings. The number of nitrogens with zero attached hydrogens (tertiary/aromatic N) is 2. The topological polar surface area (TPSA) is 58.5 Å². The molecule has 2 atom stereocenters. The third kappa shape index (κ3) is 6.62. The number of para-hydroxylation sites is 1. The monoisotopic (exact) mass is 566 g/mol. The average Bonchev–Trinajstić information content (AvgIpc) is 3.19. The van der Waals surface area contributed by atoms with Gasteiger partial charge in [-0.05, 0) is 18.1 Å². The molecule has 5 nitrogen and oxygen atoms in total. The molecule has 1 aromatic carbocycles. The van der Waals surface area contributed by atoms with Gasteiger partial charge in [-0.1, -0.05) is 18.2 Å². The van der Waals surface area contributed by atoms with Crippen molar-refractivity contribution in [2.75, 3.05) is 7.05 Å². The fraction of sp³-hybridized carbons (Fsp3) is 0.412. The van der Waals surface area contributed by atoms with Gasteiger partial charge in [0.25, 0.3) is 0 Å². The quantitative estimate of drug-likeness (QED) is 0.234. The van der Waals surface area contributed by atoms with Crippen LogP contribution in [0.5, 0.6) is 5.75 Å². The summed E-state index contributed by atoms with van der Waals surface area (Å²) in [6, 6.07) is 5.73. The van der Waals surface area contributed by atoms with Crippen molar-refractivity contribution in [2.24, 2.45) is 4.99 Å². The van der Waals surface area contributed by atoms with E-state index in [1.165, 1.54) is 19.2 Å². The molecule has 30 heavy (non-hydrogen) atoms. The predicted octanol–water partition coefficient (Wildman–Crippen LogP) is 4.90. The van der Waals surface area contributed by atoms with Gasteiger partial charge in [0, 0.05) is 24.4 Å². The molecule has 13 heteroatoms. The van der Waals surface area contributed by atoms with E-state index in [9.17, 15) is 26.3 Å². The van der Waals surface area contributed by atoms with Crippen LogP contribution >= 0.6 is 35.3 Å². The SMILES string of the molecule is CN=C(NCc1nc(C(F)(F)F)cs1)NC1CC1c1ccccc1OC(F)(F)F.I. The molecule has 0 saturated heterocycles. The van der Waals surface area contributed by atoms with Crippen molar-refractivity contribution in [1.29, 1.82) is 0 Å². The van der Waals surface area contributed by atoms with Crippen molar-refractivity contribution in [2.45, 2.75) is 37.5 Å². The Morgan fingerprint density at radius 2 is 1.93 bits per heavy atom. The maximum atomic E-state index is 12.6. The normalized spacial score (nSPS) is 19.1. The lowest BCUT2D eigenvalue weighted by atomic mass is 10.1. The van der Waals surface area contributed by atoms with E-state index in [0.29, 0.717) is 17.9 Å². The molecular formula is C17H17F6IN4OS. The first-order chi connectivity index (χ1) is 13.6. The second-order valence-electron chi connectivity index (χ2n) is 6.23. The Morgan fingerprint density at radius 3 is 2.53 bits per heavy atom. The number of nitrogens with one attached hydrogen (secondary N) is 2. The van der Waals surface area contributed by atoms with E-state index in [2.05, 4.69) is 25.3 Å². The fourth-order valence-electron chi connectivity index (χ4n) is 2.75. The number of benzene rings is 1. The molecule has 1 saturated carbocycles. The Morgan fingerprint density at radius 1 is 1.23 bits per heavy atom. The summed E-state index contributed by atoms with van der Waals surface area (Å²) in [6.45, 7) is 0.0333. The number of aromatic nitrogens is 1. The van der Waals surface area contributed by atoms with Crippen molar-refractivity contribution in [3.63, 3.8) is 0 Å². The number of rotatable bonds is 5.